The van der Waals surface area contributed by atoms with Crippen molar-refractivity contribution < 1.29 is 23.1 Å². The van der Waals surface area contributed by atoms with Crippen molar-refractivity contribution >= 4 is 21.7 Å². The highest BCUT2D eigenvalue weighted by Crippen LogP contribution is 2.35. The van der Waals surface area contributed by atoms with Gasteiger partial charge in [0.1, 0.15) is 0 Å². The molecule has 2 aliphatic rings. The van der Waals surface area contributed by atoms with Gasteiger partial charge in [0, 0.05) is 6.54 Å². The van der Waals surface area contributed by atoms with Crippen LogP contribution in [0.25, 0.3) is 0 Å². The Morgan fingerprint density at radius 3 is 2.50 bits per heavy atom. The molecule has 1 heterocycles. The van der Waals surface area contributed by atoms with Crippen LogP contribution in [0.4, 0.5) is 0 Å². The Kier molecular flexibility index (Phi) is 3.10. The standard InChI is InChI=1S/C10H16N2O5S/c11-10(1-2-10)9(15)12-3-4-18(16,17)6-7(12)5-8(13)14/h7H,1-6,11H2,(H,13,14). The molecule has 1 saturated heterocycles. The number of carboxylic acids is 1. The minimum atomic E-state index is -3.27. The van der Waals surface area contributed by atoms with Crippen LogP contribution in [-0.4, -0.2) is 59.9 Å². The van der Waals surface area contributed by atoms with Crippen LogP contribution in [0.1, 0.15) is 19.3 Å². The molecule has 0 bridgehead atoms. The first-order chi connectivity index (χ1) is 8.23. The summed E-state index contributed by atoms with van der Waals surface area (Å²) in [7, 11) is -3.27. The maximum atomic E-state index is 12.1. The van der Waals surface area contributed by atoms with Crippen LogP contribution in [0.5, 0.6) is 0 Å². The van der Waals surface area contributed by atoms with Crippen LogP contribution >= 0.6 is 0 Å². The van der Waals surface area contributed by atoms with E-state index in [9.17, 15) is 18.0 Å². The van der Waals surface area contributed by atoms with Crippen molar-refractivity contribution in [1.82, 2.24) is 4.90 Å². The fourth-order valence-corrected chi connectivity index (χ4v) is 3.68. The molecule has 1 aliphatic carbocycles. The minimum Gasteiger partial charge on any atom is -0.481 e. The Balaban J connectivity index is 2.16. The molecule has 0 aromatic rings. The molecular formula is C10H16N2O5S. The molecule has 2 rings (SSSR count). The van der Waals surface area contributed by atoms with Crippen LogP contribution in [0, 0.1) is 0 Å². The van der Waals surface area contributed by atoms with Crippen molar-refractivity contribution in [1.29, 1.82) is 0 Å². The molecular weight excluding hydrogens is 260 g/mol. The number of hydrogen-bond donors (Lipinski definition) is 2. The van der Waals surface area contributed by atoms with Gasteiger partial charge in [0.15, 0.2) is 9.84 Å². The highest BCUT2D eigenvalue weighted by molar-refractivity contribution is 7.91. The molecule has 1 atom stereocenters. The van der Waals surface area contributed by atoms with Gasteiger partial charge in [0.25, 0.3) is 0 Å². The zero-order chi connectivity index (χ0) is 13.6. The van der Waals surface area contributed by atoms with E-state index in [1.165, 1.54) is 4.90 Å². The van der Waals surface area contributed by atoms with Crippen LogP contribution < -0.4 is 5.73 Å². The number of nitrogens with two attached hydrogens (primary N) is 1. The molecule has 7 nitrogen and oxygen atoms in total. The Morgan fingerprint density at radius 1 is 1.39 bits per heavy atom. The second-order valence-electron chi connectivity index (χ2n) is 5.02. The van der Waals surface area contributed by atoms with E-state index in [1.54, 1.807) is 0 Å². The Labute approximate surface area is 105 Å². The average molecular weight is 276 g/mol. The van der Waals surface area contributed by atoms with Gasteiger partial charge in [-0.15, -0.1) is 0 Å². The number of carboxylic acid groups (broad SMARTS) is 1. The zero-order valence-electron chi connectivity index (χ0n) is 9.83. The van der Waals surface area contributed by atoms with Crippen molar-refractivity contribution in [2.75, 3.05) is 18.1 Å². The molecule has 0 aromatic heterocycles. The molecule has 102 valence electrons. The lowest BCUT2D eigenvalue weighted by Gasteiger charge is -2.36. The number of sulfone groups is 1. The molecule has 1 amide bonds. The van der Waals surface area contributed by atoms with Gasteiger partial charge in [-0.05, 0) is 12.8 Å². The van der Waals surface area contributed by atoms with Gasteiger partial charge in [0.05, 0.1) is 29.5 Å². The zero-order valence-corrected chi connectivity index (χ0v) is 10.6. The van der Waals surface area contributed by atoms with E-state index < -0.39 is 27.4 Å². The fraction of sp³-hybridized carbons (Fsp3) is 0.800. The number of hydrogen-bond acceptors (Lipinski definition) is 5. The van der Waals surface area contributed by atoms with Gasteiger partial charge >= 0.3 is 5.97 Å². The predicted molar refractivity (Wildman–Crippen MR) is 62.6 cm³/mol. The first-order valence-electron chi connectivity index (χ1n) is 5.76. The summed E-state index contributed by atoms with van der Waals surface area (Å²) < 4.78 is 23.0. The summed E-state index contributed by atoms with van der Waals surface area (Å²) in [5.74, 6) is -1.84. The van der Waals surface area contributed by atoms with Gasteiger partial charge < -0.3 is 15.7 Å². The summed E-state index contributed by atoms with van der Waals surface area (Å²) >= 11 is 0. The predicted octanol–water partition coefficient (Wildman–Crippen LogP) is -1.42. The van der Waals surface area contributed by atoms with Crippen molar-refractivity contribution in [3.8, 4) is 0 Å². The van der Waals surface area contributed by atoms with Crippen LogP contribution in [0.15, 0.2) is 0 Å². The number of nitrogens with zero attached hydrogens (tertiary/aromatic N) is 1. The average Bonchev–Trinajstić information content (AvgIpc) is 2.95. The van der Waals surface area contributed by atoms with Gasteiger partial charge in [-0.3, -0.25) is 9.59 Å². The summed E-state index contributed by atoms with van der Waals surface area (Å²) in [4.78, 5) is 24.2. The Morgan fingerprint density at radius 2 is 2.00 bits per heavy atom. The topological polar surface area (TPSA) is 118 Å². The molecule has 0 spiro atoms. The third-order valence-electron chi connectivity index (χ3n) is 3.42. The number of carbonyl (C=O) groups is 2. The van der Waals surface area contributed by atoms with E-state index in [2.05, 4.69) is 0 Å². The molecule has 2 fully saturated rings. The van der Waals surface area contributed by atoms with E-state index in [1.807, 2.05) is 0 Å². The smallest absolute Gasteiger partial charge is 0.305 e. The monoisotopic (exact) mass is 276 g/mol. The molecule has 3 N–H and O–H groups in total. The Hall–Kier alpha value is -1.15. The van der Waals surface area contributed by atoms with Crippen molar-refractivity contribution in [2.45, 2.75) is 30.8 Å². The maximum Gasteiger partial charge on any atom is 0.305 e. The van der Waals surface area contributed by atoms with Crippen molar-refractivity contribution in [3.63, 3.8) is 0 Å². The van der Waals surface area contributed by atoms with Crippen LogP contribution in [0.3, 0.4) is 0 Å². The van der Waals surface area contributed by atoms with E-state index >= 15 is 0 Å². The minimum absolute atomic E-state index is 0.0397. The lowest BCUT2D eigenvalue weighted by molar-refractivity contribution is -0.141. The first-order valence-corrected chi connectivity index (χ1v) is 7.58. The van der Waals surface area contributed by atoms with Crippen molar-refractivity contribution in [2.24, 2.45) is 5.73 Å². The second kappa shape index (κ2) is 4.20. The van der Waals surface area contributed by atoms with E-state index in [-0.39, 0.29) is 30.4 Å². The highest BCUT2D eigenvalue weighted by Gasteiger charge is 2.50. The lowest BCUT2D eigenvalue weighted by atomic mass is 10.1. The molecule has 18 heavy (non-hydrogen) atoms. The quantitative estimate of drug-likeness (QED) is 0.653. The molecule has 1 aliphatic heterocycles. The summed E-state index contributed by atoms with van der Waals surface area (Å²) in [6.07, 6.45) is 0.796. The van der Waals surface area contributed by atoms with Crippen LogP contribution in [-0.2, 0) is 19.4 Å². The summed E-state index contributed by atoms with van der Waals surface area (Å²) in [5.41, 5.74) is 4.90. The third-order valence-corrected chi connectivity index (χ3v) is 5.11. The molecule has 0 aromatic carbocycles. The summed E-state index contributed by atoms with van der Waals surface area (Å²) in [5, 5.41) is 8.79. The molecule has 8 heteroatoms. The molecule has 1 saturated carbocycles. The van der Waals surface area contributed by atoms with E-state index in [4.69, 9.17) is 10.8 Å². The Bertz CT molecular complexity index is 482. The fourth-order valence-electron chi connectivity index (χ4n) is 2.16. The lowest BCUT2D eigenvalue weighted by Crippen LogP contribution is -2.57. The number of amides is 1. The van der Waals surface area contributed by atoms with Crippen molar-refractivity contribution in [3.05, 3.63) is 0 Å². The normalized spacial score (nSPS) is 28.7. The molecule has 1 unspecified atom stereocenters. The number of aliphatic carboxylic acids is 1. The summed E-state index contributed by atoms with van der Waals surface area (Å²) in [6, 6.07) is -0.797. The largest absolute Gasteiger partial charge is 0.481 e. The highest BCUT2D eigenvalue weighted by atomic mass is 32.2. The van der Waals surface area contributed by atoms with E-state index in [0.29, 0.717) is 12.8 Å². The van der Waals surface area contributed by atoms with Crippen LogP contribution in [0.2, 0.25) is 0 Å². The van der Waals surface area contributed by atoms with E-state index in [0.717, 1.165) is 0 Å². The van der Waals surface area contributed by atoms with Gasteiger partial charge in [-0.1, -0.05) is 0 Å². The SMILES string of the molecule is NC1(C(=O)N2CCS(=O)(=O)CC2CC(=O)O)CC1. The number of carbonyl (C=O) groups excluding carboxylic acids is 1. The molecule has 0 radical (unpaired) electrons. The second-order valence-corrected chi connectivity index (χ2v) is 7.25. The first kappa shape index (κ1) is 13.3. The number of rotatable bonds is 3. The van der Waals surface area contributed by atoms with Gasteiger partial charge in [0.2, 0.25) is 5.91 Å². The third kappa shape index (κ3) is 2.64. The summed E-state index contributed by atoms with van der Waals surface area (Å²) in [6.45, 7) is 0.0397. The maximum absolute atomic E-state index is 12.1. The van der Waals surface area contributed by atoms with Gasteiger partial charge in [-0.2, -0.15) is 0 Å². The van der Waals surface area contributed by atoms with Gasteiger partial charge in [-0.25, -0.2) is 8.42 Å².